The van der Waals surface area contributed by atoms with E-state index in [1.54, 1.807) is 6.07 Å². The maximum absolute atomic E-state index is 11.7. The van der Waals surface area contributed by atoms with Gasteiger partial charge in [-0.3, -0.25) is 0 Å². The number of carbonyl (C=O) groups is 1. The van der Waals surface area contributed by atoms with Gasteiger partial charge < -0.3 is 10.5 Å². The number of nitrogens with two attached hydrogens (primary N) is 1. The third kappa shape index (κ3) is 2.39. The van der Waals surface area contributed by atoms with E-state index in [1.165, 1.54) is 12.7 Å². The number of anilines is 1. The summed E-state index contributed by atoms with van der Waals surface area (Å²) in [6, 6.07) is 9.69. The standard InChI is InChI=1S/C17H19NO2/c1-10-8-11(2)15(12(3)9-10)13-6-5-7-14(16(13)18)17(19)20-4/h5-9H,18H2,1-4H3. The van der Waals surface area contributed by atoms with Crippen LogP contribution in [-0.2, 0) is 4.74 Å². The zero-order chi connectivity index (χ0) is 14.9. The molecule has 0 aliphatic heterocycles. The van der Waals surface area contributed by atoms with Crippen LogP contribution in [0.4, 0.5) is 5.69 Å². The van der Waals surface area contributed by atoms with Crippen molar-refractivity contribution in [2.45, 2.75) is 20.8 Å². The lowest BCUT2D eigenvalue weighted by molar-refractivity contribution is 0.0602. The maximum Gasteiger partial charge on any atom is 0.339 e. The highest BCUT2D eigenvalue weighted by molar-refractivity contribution is 5.99. The molecule has 0 bridgehead atoms. The lowest BCUT2D eigenvalue weighted by Crippen LogP contribution is -2.07. The van der Waals surface area contributed by atoms with E-state index >= 15 is 0 Å². The number of nitrogen functional groups attached to an aromatic ring is 1. The second kappa shape index (κ2) is 5.37. The SMILES string of the molecule is COC(=O)c1cccc(-c2c(C)cc(C)cc2C)c1N. The number of ether oxygens (including phenoxy) is 1. The normalized spacial score (nSPS) is 10.4. The van der Waals surface area contributed by atoms with Crippen LogP contribution >= 0.6 is 0 Å². The first-order chi connectivity index (χ1) is 9.45. The van der Waals surface area contributed by atoms with Crippen LogP contribution in [0.15, 0.2) is 30.3 Å². The molecule has 20 heavy (non-hydrogen) atoms. The van der Waals surface area contributed by atoms with Gasteiger partial charge in [0.1, 0.15) is 0 Å². The molecule has 0 aliphatic carbocycles. The van der Waals surface area contributed by atoms with Gasteiger partial charge in [0.2, 0.25) is 0 Å². The van der Waals surface area contributed by atoms with Crippen molar-refractivity contribution in [3.05, 3.63) is 52.6 Å². The van der Waals surface area contributed by atoms with E-state index < -0.39 is 5.97 Å². The Kier molecular flexibility index (Phi) is 3.79. The van der Waals surface area contributed by atoms with Crippen molar-refractivity contribution in [1.29, 1.82) is 0 Å². The molecule has 2 N–H and O–H groups in total. The molecule has 2 aromatic carbocycles. The summed E-state index contributed by atoms with van der Waals surface area (Å²) in [5.41, 5.74) is 12.5. The molecule has 3 heteroatoms. The monoisotopic (exact) mass is 269 g/mol. The molecular weight excluding hydrogens is 250 g/mol. The number of para-hydroxylation sites is 1. The van der Waals surface area contributed by atoms with Gasteiger partial charge in [0.05, 0.1) is 18.4 Å². The molecule has 0 spiro atoms. The predicted molar refractivity (Wildman–Crippen MR) is 81.8 cm³/mol. The molecule has 0 unspecified atom stereocenters. The first kappa shape index (κ1) is 14.1. The van der Waals surface area contributed by atoms with Crippen LogP contribution in [0.25, 0.3) is 11.1 Å². The summed E-state index contributed by atoms with van der Waals surface area (Å²) in [4.78, 5) is 11.7. The minimum atomic E-state index is -0.410. The van der Waals surface area contributed by atoms with Crippen LogP contribution < -0.4 is 5.73 Å². The van der Waals surface area contributed by atoms with Gasteiger partial charge in [0, 0.05) is 5.56 Å². The fourth-order valence-corrected chi connectivity index (χ4v) is 2.68. The lowest BCUT2D eigenvalue weighted by Gasteiger charge is -2.15. The summed E-state index contributed by atoms with van der Waals surface area (Å²) in [7, 11) is 1.36. The average molecular weight is 269 g/mol. The largest absolute Gasteiger partial charge is 0.465 e. The Balaban J connectivity index is 2.69. The number of rotatable bonds is 2. The molecule has 0 saturated carbocycles. The lowest BCUT2D eigenvalue weighted by atomic mass is 9.91. The highest BCUT2D eigenvalue weighted by Crippen LogP contribution is 2.34. The summed E-state index contributed by atoms with van der Waals surface area (Å²) in [6.45, 7) is 6.18. The molecule has 0 heterocycles. The Morgan fingerprint density at radius 3 is 2.25 bits per heavy atom. The Hall–Kier alpha value is -2.29. The van der Waals surface area contributed by atoms with Crippen molar-refractivity contribution >= 4 is 11.7 Å². The first-order valence-corrected chi connectivity index (χ1v) is 6.50. The van der Waals surface area contributed by atoms with Crippen LogP contribution in [0.2, 0.25) is 0 Å². The van der Waals surface area contributed by atoms with Crippen LogP contribution in [0.1, 0.15) is 27.0 Å². The first-order valence-electron chi connectivity index (χ1n) is 6.50. The van der Waals surface area contributed by atoms with Gasteiger partial charge in [-0.05, 0) is 43.5 Å². The third-order valence-corrected chi connectivity index (χ3v) is 3.46. The molecule has 0 amide bonds. The Bertz CT molecular complexity index is 652. The van der Waals surface area contributed by atoms with Gasteiger partial charge >= 0.3 is 5.97 Å². The third-order valence-electron chi connectivity index (χ3n) is 3.46. The van der Waals surface area contributed by atoms with Crippen molar-refractivity contribution in [2.24, 2.45) is 0 Å². The zero-order valence-corrected chi connectivity index (χ0v) is 12.3. The van der Waals surface area contributed by atoms with Gasteiger partial charge in [-0.15, -0.1) is 0 Å². The molecule has 3 nitrogen and oxygen atoms in total. The van der Waals surface area contributed by atoms with E-state index in [1.807, 2.05) is 12.1 Å². The fourth-order valence-electron chi connectivity index (χ4n) is 2.68. The van der Waals surface area contributed by atoms with E-state index in [-0.39, 0.29) is 0 Å². The van der Waals surface area contributed by atoms with Gasteiger partial charge in [-0.1, -0.05) is 29.8 Å². The van der Waals surface area contributed by atoms with E-state index in [4.69, 9.17) is 10.5 Å². The molecule has 2 aromatic rings. The number of benzene rings is 2. The van der Waals surface area contributed by atoms with Crippen molar-refractivity contribution in [1.82, 2.24) is 0 Å². The van der Waals surface area contributed by atoms with E-state index in [0.29, 0.717) is 11.3 Å². The van der Waals surface area contributed by atoms with Crippen LogP contribution in [0.5, 0.6) is 0 Å². The maximum atomic E-state index is 11.7. The Morgan fingerprint density at radius 1 is 1.10 bits per heavy atom. The Labute approximate surface area is 119 Å². The highest BCUT2D eigenvalue weighted by atomic mass is 16.5. The topological polar surface area (TPSA) is 52.3 Å². The van der Waals surface area contributed by atoms with Crippen molar-refractivity contribution in [2.75, 3.05) is 12.8 Å². The number of hydrogen-bond acceptors (Lipinski definition) is 3. The molecule has 0 atom stereocenters. The van der Waals surface area contributed by atoms with Crippen LogP contribution in [0, 0.1) is 20.8 Å². The number of aryl methyl sites for hydroxylation is 3. The quantitative estimate of drug-likeness (QED) is 0.669. The van der Waals surface area contributed by atoms with E-state index in [9.17, 15) is 4.79 Å². The second-order valence-corrected chi connectivity index (χ2v) is 5.03. The average Bonchev–Trinajstić information content (AvgIpc) is 2.38. The summed E-state index contributed by atoms with van der Waals surface area (Å²) in [5, 5.41) is 0. The van der Waals surface area contributed by atoms with Crippen LogP contribution in [0.3, 0.4) is 0 Å². The molecule has 0 radical (unpaired) electrons. The molecule has 0 aliphatic rings. The smallest absolute Gasteiger partial charge is 0.339 e. The van der Waals surface area contributed by atoms with E-state index in [0.717, 1.165) is 22.3 Å². The fraction of sp³-hybridized carbons (Fsp3) is 0.235. The van der Waals surface area contributed by atoms with Crippen molar-refractivity contribution in [3.63, 3.8) is 0 Å². The Morgan fingerprint density at radius 2 is 1.70 bits per heavy atom. The molecule has 0 fully saturated rings. The minimum absolute atomic E-state index is 0.407. The summed E-state index contributed by atoms with van der Waals surface area (Å²) >= 11 is 0. The van der Waals surface area contributed by atoms with Crippen molar-refractivity contribution in [3.8, 4) is 11.1 Å². The van der Waals surface area contributed by atoms with Gasteiger partial charge in [0.25, 0.3) is 0 Å². The number of hydrogen-bond donors (Lipinski definition) is 1. The van der Waals surface area contributed by atoms with Gasteiger partial charge in [-0.2, -0.15) is 0 Å². The molecule has 2 rings (SSSR count). The van der Waals surface area contributed by atoms with Crippen molar-refractivity contribution < 1.29 is 9.53 Å². The summed E-state index contributed by atoms with van der Waals surface area (Å²) < 4.78 is 4.77. The summed E-state index contributed by atoms with van der Waals surface area (Å²) in [5.74, 6) is -0.410. The number of carbonyl (C=O) groups excluding carboxylic acids is 1. The molecule has 104 valence electrons. The van der Waals surface area contributed by atoms with E-state index in [2.05, 4.69) is 32.9 Å². The zero-order valence-electron chi connectivity index (χ0n) is 12.3. The second-order valence-electron chi connectivity index (χ2n) is 5.03. The van der Waals surface area contributed by atoms with Gasteiger partial charge in [0.15, 0.2) is 0 Å². The van der Waals surface area contributed by atoms with Gasteiger partial charge in [-0.25, -0.2) is 4.79 Å². The van der Waals surface area contributed by atoms with Crippen LogP contribution in [-0.4, -0.2) is 13.1 Å². The summed E-state index contributed by atoms with van der Waals surface area (Å²) in [6.07, 6.45) is 0. The number of methoxy groups -OCH3 is 1. The molecule has 0 aromatic heterocycles. The minimum Gasteiger partial charge on any atom is -0.465 e. The predicted octanol–water partition coefficient (Wildman–Crippen LogP) is 3.65. The highest BCUT2D eigenvalue weighted by Gasteiger charge is 2.16. The number of esters is 1. The molecule has 0 saturated heterocycles. The molecular formula is C17H19NO2.